The number of benzene rings is 1. The lowest BCUT2D eigenvalue weighted by molar-refractivity contribution is 0.0926. The molecule has 1 atom stereocenters. The van der Waals surface area contributed by atoms with Crippen molar-refractivity contribution in [2.75, 3.05) is 19.7 Å². The zero-order valence-electron chi connectivity index (χ0n) is 13.8. The van der Waals surface area contributed by atoms with Gasteiger partial charge in [0.1, 0.15) is 5.75 Å². The minimum Gasteiger partial charge on any atom is -0.493 e. The maximum Gasteiger partial charge on any atom is 0.315 e. The van der Waals surface area contributed by atoms with Gasteiger partial charge in [0.05, 0.1) is 18.9 Å². The number of carbonyl (C=O) groups excluding carboxylic acids is 2. The Morgan fingerprint density at radius 3 is 2.76 bits per heavy atom. The molecule has 3 amide bonds. The largest absolute Gasteiger partial charge is 0.493 e. The van der Waals surface area contributed by atoms with Gasteiger partial charge in [-0.25, -0.2) is 4.79 Å². The van der Waals surface area contributed by atoms with E-state index in [1.807, 2.05) is 24.3 Å². The molecule has 2 aromatic rings. The van der Waals surface area contributed by atoms with Crippen LogP contribution in [0.3, 0.4) is 0 Å². The van der Waals surface area contributed by atoms with Gasteiger partial charge in [0.15, 0.2) is 5.76 Å². The number of rotatable bonds is 5. The third-order valence-electron chi connectivity index (χ3n) is 3.94. The van der Waals surface area contributed by atoms with E-state index in [9.17, 15) is 9.59 Å². The lowest BCUT2D eigenvalue weighted by Gasteiger charge is -2.18. The van der Waals surface area contributed by atoms with E-state index in [-0.39, 0.29) is 23.7 Å². The van der Waals surface area contributed by atoms with E-state index in [4.69, 9.17) is 9.15 Å². The van der Waals surface area contributed by atoms with Gasteiger partial charge in [0, 0.05) is 18.7 Å². The highest BCUT2D eigenvalue weighted by molar-refractivity contribution is 5.91. The standard InChI is InChI=1S/C18H21N3O4/c22-17(16-8-4-12-25-16)19-9-10-20-18(23)21-14-6-3-11-24-15-7-2-1-5-13(14)15/h1-2,4-5,7-8,12,14H,3,6,9-11H2,(H,19,22)(H2,20,21,23). The summed E-state index contributed by atoms with van der Waals surface area (Å²) in [7, 11) is 0. The van der Waals surface area contributed by atoms with Crippen molar-refractivity contribution >= 4 is 11.9 Å². The first-order valence-corrected chi connectivity index (χ1v) is 8.32. The molecule has 1 aromatic heterocycles. The zero-order valence-corrected chi connectivity index (χ0v) is 13.8. The summed E-state index contributed by atoms with van der Waals surface area (Å²) < 4.78 is 10.7. The van der Waals surface area contributed by atoms with Crippen molar-refractivity contribution < 1.29 is 18.7 Å². The topological polar surface area (TPSA) is 92.6 Å². The van der Waals surface area contributed by atoms with E-state index in [0.29, 0.717) is 19.7 Å². The van der Waals surface area contributed by atoms with Gasteiger partial charge in [0.2, 0.25) is 0 Å². The number of carbonyl (C=O) groups is 2. The Kier molecular flexibility index (Phi) is 5.56. The quantitative estimate of drug-likeness (QED) is 0.726. The molecule has 3 rings (SSSR count). The molecule has 1 unspecified atom stereocenters. The second-order valence-electron chi connectivity index (χ2n) is 5.71. The summed E-state index contributed by atoms with van der Waals surface area (Å²) in [5.74, 6) is 0.762. The van der Waals surface area contributed by atoms with E-state index < -0.39 is 0 Å². The van der Waals surface area contributed by atoms with Gasteiger partial charge in [-0.2, -0.15) is 0 Å². The molecule has 0 saturated heterocycles. The van der Waals surface area contributed by atoms with Crippen LogP contribution in [0, 0.1) is 0 Å². The summed E-state index contributed by atoms with van der Waals surface area (Å²) in [6.07, 6.45) is 3.13. The molecule has 1 aromatic carbocycles. The third kappa shape index (κ3) is 4.53. The lowest BCUT2D eigenvalue weighted by atomic mass is 10.0. The fourth-order valence-corrected chi connectivity index (χ4v) is 2.73. The van der Waals surface area contributed by atoms with E-state index in [0.717, 1.165) is 24.2 Å². The van der Waals surface area contributed by atoms with Crippen LogP contribution in [0.5, 0.6) is 5.75 Å². The van der Waals surface area contributed by atoms with Gasteiger partial charge in [-0.15, -0.1) is 0 Å². The van der Waals surface area contributed by atoms with Crippen molar-refractivity contribution in [2.45, 2.75) is 18.9 Å². The fraction of sp³-hybridized carbons (Fsp3) is 0.333. The summed E-state index contributed by atoms with van der Waals surface area (Å²) in [6, 6.07) is 10.6. The van der Waals surface area contributed by atoms with Crippen molar-refractivity contribution in [3.05, 3.63) is 54.0 Å². The Balaban J connectivity index is 1.44. The highest BCUT2D eigenvalue weighted by Crippen LogP contribution is 2.30. The summed E-state index contributed by atoms with van der Waals surface area (Å²) in [6.45, 7) is 1.29. The number of fused-ring (bicyclic) bond motifs is 1. The van der Waals surface area contributed by atoms with Gasteiger partial charge < -0.3 is 25.1 Å². The number of para-hydroxylation sites is 1. The first kappa shape index (κ1) is 16.9. The van der Waals surface area contributed by atoms with Crippen LogP contribution in [0.1, 0.15) is 35.0 Å². The van der Waals surface area contributed by atoms with E-state index in [2.05, 4.69) is 16.0 Å². The predicted octanol–water partition coefficient (Wildman–Crippen LogP) is 2.22. The SMILES string of the molecule is O=C(NCCNC(=O)c1ccco1)NC1CCCOc2ccccc21. The molecule has 7 heteroatoms. The van der Waals surface area contributed by atoms with Crippen LogP contribution in [0.2, 0.25) is 0 Å². The van der Waals surface area contributed by atoms with Crippen LogP contribution in [0.4, 0.5) is 4.79 Å². The molecule has 0 spiro atoms. The number of hydrogen-bond donors (Lipinski definition) is 3. The predicted molar refractivity (Wildman–Crippen MR) is 91.5 cm³/mol. The molecule has 0 radical (unpaired) electrons. The first-order valence-electron chi connectivity index (χ1n) is 8.32. The third-order valence-corrected chi connectivity index (χ3v) is 3.94. The molecule has 0 bridgehead atoms. The highest BCUT2D eigenvalue weighted by Gasteiger charge is 2.20. The normalized spacial score (nSPS) is 16.1. The number of amides is 3. The molecule has 7 nitrogen and oxygen atoms in total. The monoisotopic (exact) mass is 343 g/mol. The fourth-order valence-electron chi connectivity index (χ4n) is 2.73. The first-order chi connectivity index (χ1) is 12.2. The van der Waals surface area contributed by atoms with Gasteiger partial charge in [-0.1, -0.05) is 18.2 Å². The summed E-state index contributed by atoms with van der Waals surface area (Å²) >= 11 is 0. The van der Waals surface area contributed by atoms with E-state index in [1.165, 1.54) is 6.26 Å². The van der Waals surface area contributed by atoms with Gasteiger partial charge >= 0.3 is 6.03 Å². The molecule has 132 valence electrons. The van der Waals surface area contributed by atoms with Crippen molar-refractivity contribution in [2.24, 2.45) is 0 Å². The van der Waals surface area contributed by atoms with E-state index in [1.54, 1.807) is 12.1 Å². The van der Waals surface area contributed by atoms with Crippen LogP contribution in [0.25, 0.3) is 0 Å². The molecule has 1 aliphatic rings. The molecule has 2 heterocycles. The number of ether oxygens (including phenoxy) is 1. The maximum absolute atomic E-state index is 12.1. The van der Waals surface area contributed by atoms with Crippen LogP contribution < -0.4 is 20.7 Å². The summed E-state index contributed by atoms with van der Waals surface area (Å²) in [4.78, 5) is 23.8. The molecular formula is C18H21N3O4. The molecular weight excluding hydrogens is 322 g/mol. The van der Waals surface area contributed by atoms with Crippen molar-refractivity contribution in [3.63, 3.8) is 0 Å². The smallest absolute Gasteiger partial charge is 0.315 e. The molecule has 0 fully saturated rings. The second-order valence-corrected chi connectivity index (χ2v) is 5.71. The van der Waals surface area contributed by atoms with Gasteiger partial charge in [-0.3, -0.25) is 4.79 Å². The van der Waals surface area contributed by atoms with Crippen molar-refractivity contribution in [3.8, 4) is 5.75 Å². The Labute approximate surface area is 145 Å². The average molecular weight is 343 g/mol. The Morgan fingerprint density at radius 2 is 1.92 bits per heavy atom. The summed E-state index contributed by atoms with van der Waals surface area (Å²) in [5, 5.41) is 8.39. The highest BCUT2D eigenvalue weighted by atomic mass is 16.5. The number of nitrogens with one attached hydrogen (secondary N) is 3. The average Bonchev–Trinajstić information content (AvgIpc) is 3.09. The second kappa shape index (κ2) is 8.23. The van der Waals surface area contributed by atoms with Crippen molar-refractivity contribution in [1.29, 1.82) is 0 Å². The van der Waals surface area contributed by atoms with Crippen LogP contribution >= 0.6 is 0 Å². The van der Waals surface area contributed by atoms with Crippen LogP contribution in [-0.4, -0.2) is 31.6 Å². The van der Waals surface area contributed by atoms with E-state index >= 15 is 0 Å². The van der Waals surface area contributed by atoms with Crippen molar-refractivity contribution in [1.82, 2.24) is 16.0 Å². The lowest BCUT2D eigenvalue weighted by Crippen LogP contribution is -2.41. The molecule has 25 heavy (non-hydrogen) atoms. The van der Waals surface area contributed by atoms with Gasteiger partial charge in [-0.05, 0) is 31.0 Å². The Bertz CT molecular complexity index is 715. The number of urea groups is 1. The molecule has 0 saturated carbocycles. The maximum atomic E-state index is 12.1. The van der Waals surface area contributed by atoms with Crippen LogP contribution in [0.15, 0.2) is 47.1 Å². The molecule has 1 aliphatic heterocycles. The Morgan fingerprint density at radius 1 is 1.08 bits per heavy atom. The zero-order chi connectivity index (χ0) is 17.5. The van der Waals surface area contributed by atoms with Crippen LogP contribution in [-0.2, 0) is 0 Å². The molecule has 3 N–H and O–H groups in total. The summed E-state index contributed by atoms with van der Waals surface area (Å²) in [5.41, 5.74) is 0.987. The minimum absolute atomic E-state index is 0.0867. The number of hydrogen-bond acceptors (Lipinski definition) is 4. The Hall–Kier alpha value is -2.96. The minimum atomic E-state index is -0.304. The van der Waals surface area contributed by atoms with Gasteiger partial charge in [0.25, 0.3) is 5.91 Å². The molecule has 0 aliphatic carbocycles. The number of furan rings is 1.